The van der Waals surface area contributed by atoms with Crippen LogP contribution in [0.5, 0.6) is 5.75 Å². The zero-order valence-electron chi connectivity index (χ0n) is 14.9. The first-order chi connectivity index (χ1) is 13.9. The SMILES string of the molecule is COc1ccc(C(=O)NN2C(=O)/C(=C\C=C\c3ccc([N+](=O)[O-])o3)SC2=S)cc1. The highest BCUT2D eigenvalue weighted by Crippen LogP contribution is 2.30. The smallest absolute Gasteiger partial charge is 0.433 e. The van der Waals surface area contributed by atoms with Crippen LogP contribution in [0.2, 0.25) is 0 Å². The summed E-state index contributed by atoms with van der Waals surface area (Å²) in [7, 11) is 1.52. The zero-order chi connectivity index (χ0) is 21.0. The van der Waals surface area contributed by atoms with E-state index in [-0.39, 0.29) is 20.9 Å². The average Bonchev–Trinajstić information content (AvgIpc) is 3.29. The molecule has 0 spiro atoms. The van der Waals surface area contributed by atoms with Crippen LogP contribution in [0.3, 0.4) is 0 Å². The van der Waals surface area contributed by atoms with Gasteiger partial charge in [-0.25, -0.2) is 0 Å². The van der Waals surface area contributed by atoms with Gasteiger partial charge in [0.1, 0.15) is 16.4 Å². The average molecular weight is 431 g/mol. The van der Waals surface area contributed by atoms with Gasteiger partial charge in [0.25, 0.3) is 11.8 Å². The van der Waals surface area contributed by atoms with E-state index in [1.807, 2.05) is 0 Å². The van der Waals surface area contributed by atoms with Crippen molar-refractivity contribution in [3.05, 3.63) is 74.9 Å². The van der Waals surface area contributed by atoms with Crippen LogP contribution >= 0.6 is 24.0 Å². The Kier molecular flexibility index (Phi) is 6.10. The minimum absolute atomic E-state index is 0.171. The Morgan fingerprint density at radius 3 is 2.66 bits per heavy atom. The molecule has 29 heavy (non-hydrogen) atoms. The van der Waals surface area contributed by atoms with Gasteiger partial charge >= 0.3 is 5.88 Å². The minimum Gasteiger partial charge on any atom is -0.497 e. The molecule has 0 unspecified atom stereocenters. The summed E-state index contributed by atoms with van der Waals surface area (Å²) in [6, 6.07) is 9.04. The van der Waals surface area contributed by atoms with Crippen molar-refractivity contribution in [2.45, 2.75) is 0 Å². The summed E-state index contributed by atoms with van der Waals surface area (Å²) < 4.78 is 10.2. The summed E-state index contributed by atoms with van der Waals surface area (Å²) in [5.41, 5.74) is 2.81. The number of thiocarbonyl (C=S) groups is 1. The van der Waals surface area contributed by atoms with Crippen LogP contribution in [0.15, 0.2) is 57.9 Å². The summed E-state index contributed by atoms with van der Waals surface area (Å²) in [6.07, 6.45) is 4.45. The van der Waals surface area contributed by atoms with E-state index in [9.17, 15) is 19.7 Å². The van der Waals surface area contributed by atoms with Crippen molar-refractivity contribution < 1.29 is 23.7 Å². The Labute approximate surface area is 174 Å². The molecule has 0 atom stereocenters. The van der Waals surface area contributed by atoms with Gasteiger partial charge < -0.3 is 9.15 Å². The molecule has 148 valence electrons. The zero-order valence-corrected chi connectivity index (χ0v) is 16.5. The minimum atomic E-state index is -0.645. The number of ether oxygens (including phenoxy) is 1. The molecule has 0 aliphatic carbocycles. The molecule has 11 heteroatoms. The Bertz CT molecular complexity index is 1040. The maximum atomic E-state index is 12.5. The first-order valence-electron chi connectivity index (χ1n) is 8.03. The molecule has 2 heterocycles. The number of carbonyl (C=O) groups excluding carboxylic acids is 2. The highest BCUT2D eigenvalue weighted by Gasteiger charge is 2.33. The monoisotopic (exact) mass is 431 g/mol. The van der Waals surface area contributed by atoms with E-state index in [1.54, 1.807) is 24.3 Å². The van der Waals surface area contributed by atoms with Crippen molar-refractivity contribution in [1.82, 2.24) is 10.4 Å². The Morgan fingerprint density at radius 1 is 1.31 bits per heavy atom. The van der Waals surface area contributed by atoms with Gasteiger partial charge in [-0.05, 0) is 54.7 Å². The van der Waals surface area contributed by atoms with Gasteiger partial charge in [0.2, 0.25) is 0 Å². The van der Waals surface area contributed by atoms with Gasteiger partial charge in [0.15, 0.2) is 4.32 Å². The molecule has 3 rings (SSSR count). The van der Waals surface area contributed by atoms with Crippen LogP contribution in [0, 0.1) is 10.1 Å². The quantitative estimate of drug-likeness (QED) is 0.321. The van der Waals surface area contributed by atoms with E-state index in [0.29, 0.717) is 11.3 Å². The van der Waals surface area contributed by atoms with Crippen molar-refractivity contribution in [1.29, 1.82) is 0 Å². The fourth-order valence-electron chi connectivity index (χ4n) is 2.25. The molecule has 1 aliphatic rings. The Morgan fingerprint density at radius 2 is 2.03 bits per heavy atom. The topological polar surface area (TPSA) is 115 Å². The summed E-state index contributed by atoms with van der Waals surface area (Å²) in [6.45, 7) is 0. The largest absolute Gasteiger partial charge is 0.497 e. The summed E-state index contributed by atoms with van der Waals surface area (Å²) in [5, 5.41) is 11.6. The second-order valence-corrected chi connectivity index (χ2v) is 7.18. The molecule has 2 aromatic rings. The number of allylic oxidation sites excluding steroid dienone is 2. The van der Waals surface area contributed by atoms with Gasteiger partial charge in [0.05, 0.1) is 18.1 Å². The van der Waals surface area contributed by atoms with Crippen LogP contribution in [-0.2, 0) is 4.79 Å². The third kappa shape index (κ3) is 4.70. The molecule has 1 aliphatic heterocycles. The van der Waals surface area contributed by atoms with E-state index in [2.05, 4.69) is 5.43 Å². The second-order valence-electron chi connectivity index (χ2n) is 5.50. The molecule has 1 aromatic heterocycles. The predicted octanol–water partition coefficient (Wildman–Crippen LogP) is 3.30. The number of carbonyl (C=O) groups is 2. The first kappa shape index (κ1) is 20.3. The number of rotatable bonds is 6. The number of furan rings is 1. The fourth-order valence-corrected chi connectivity index (χ4v) is 3.38. The van der Waals surface area contributed by atoms with E-state index < -0.39 is 16.7 Å². The number of hydrogen-bond acceptors (Lipinski definition) is 8. The normalized spacial score (nSPS) is 15.3. The molecular formula is C18H13N3O6S2. The van der Waals surface area contributed by atoms with Crippen molar-refractivity contribution in [3.8, 4) is 5.75 Å². The number of nitro groups is 1. The molecule has 0 radical (unpaired) electrons. The van der Waals surface area contributed by atoms with Crippen LogP contribution in [0.25, 0.3) is 6.08 Å². The highest BCUT2D eigenvalue weighted by molar-refractivity contribution is 8.26. The van der Waals surface area contributed by atoms with E-state index in [4.69, 9.17) is 21.4 Å². The Balaban J connectivity index is 1.66. The fraction of sp³-hybridized carbons (Fsp3) is 0.0556. The Hall–Kier alpha value is -3.44. The molecule has 1 saturated heterocycles. The van der Waals surface area contributed by atoms with Gasteiger partial charge in [0, 0.05) is 5.56 Å². The number of benzene rings is 1. The molecule has 2 amide bonds. The first-order valence-corrected chi connectivity index (χ1v) is 9.25. The molecular weight excluding hydrogens is 418 g/mol. The van der Waals surface area contributed by atoms with Crippen molar-refractivity contribution >= 4 is 52.1 Å². The number of hydrogen-bond donors (Lipinski definition) is 1. The molecule has 0 saturated carbocycles. The van der Waals surface area contributed by atoms with Gasteiger partial charge in [-0.3, -0.25) is 25.1 Å². The van der Waals surface area contributed by atoms with Gasteiger partial charge in [-0.1, -0.05) is 17.8 Å². The molecule has 1 aromatic carbocycles. The van der Waals surface area contributed by atoms with Gasteiger partial charge in [-0.15, -0.1) is 0 Å². The maximum Gasteiger partial charge on any atom is 0.433 e. The summed E-state index contributed by atoms with van der Waals surface area (Å²) >= 11 is 6.17. The number of nitrogens with zero attached hydrogens (tertiary/aromatic N) is 2. The van der Waals surface area contributed by atoms with Crippen LogP contribution in [0.1, 0.15) is 16.1 Å². The standard InChI is InChI=1S/C18H13N3O6S2/c1-26-12-7-5-11(6-8-12)16(22)19-20-17(23)14(29-18(20)28)4-2-3-13-9-10-15(27-13)21(24)25/h2-10H,1H3,(H,19,22)/b3-2+,14-4+. The predicted molar refractivity (Wildman–Crippen MR) is 110 cm³/mol. The van der Waals surface area contributed by atoms with E-state index >= 15 is 0 Å². The lowest BCUT2D eigenvalue weighted by Gasteiger charge is -2.15. The summed E-state index contributed by atoms with van der Waals surface area (Å²) in [5.74, 6) is -0.502. The van der Waals surface area contributed by atoms with Crippen molar-refractivity contribution in [2.24, 2.45) is 0 Å². The number of hydrazine groups is 1. The third-order valence-electron chi connectivity index (χ3n) is 3.66. The molecule has 1 N–H and O–H groups in total. The lowest BCUT2D eigenvalue weighted by molar-refractivity contribution is -0.402. The van der Waals surface area contributed by atoms with Crippen LogP contribution in [-0.4, -0.2) is 33.2 Å². The third-order valence-corrected chi connectivity index (χ3v) is 4.98. The highest BCUT2D eigenvalue weighted by atomic mass is 32.2. The lowest BCUT2D eigenvalue weighted by Crippen LogP contribution is -2.44. The maximum absolute atomic E-state index is 12.5. The number of thioether (sulfide) groups is 1. The second kappa shape index (κ2) is 8.71. The molecule has 1 fully saturated rings. The van der Waals surface area contributed by atoms with Crippen molar-refractivity contribution in [3.63, 3.8) is 0 Å². The van der Waals surface area contributed by atoms with Crippen LogP contribution < -0.4 is 10.2 Å². The molecule has 0 bridgehead atoms. The van der Waals surface area contributed by atoms with E-state index in [0.717, 1.165) is 16.8 Å². The summed E-state index contributed by atoms with van der Waals surface area (Å²) in [4.78, 5) is 35.1. The van der Waals surface area contributed by atoms with Crippen molar-refractivity contribution in [2.75, 3.05) is 7.11 Å². The van der Waals surface area contributed by atoms with Gasteiger partial charge in [-0.2, -0.15) is 5.01 Å². The molecule has 9 nitrogen and oxygen atoms in total. The lowest BCUT2D eigenvalue weighted by atomic mass is 10.2. The van der Waals surface area contributed by atoms with E-state index in [1.165, 1.54) is 37.5 Å². The van der Waals surface area contributed by atoms with Crippen LogP contribution in [0.4, 0.5) is 5.88 Å². The number of amides is 2. The number of nitrogens with one attached hydrogen (secondary N) is 1. The number of methoxy groups -OCH3 is 1.